The number of unbranched alkanes of at least 4 members (excludes halogenated alkanes) is 2. The molecule has 78 valence electrons. The highest BCUT2D eigenvalue weighted by molar-refractivity contribution is 6.30. The summed E-state index contributed by atoms with van der Waals surface area (Å²) >= 11 is 5.88. The number of nitrogens with zero attached hydrogens (tertiary/aromatic N) is 2. The van der Waals surface area contributed by atoms with Gasteiger partial charge in [0.2, 0.25) is 0 Å². The van der Waals surface area contributed by atoms with Gasteiger partial charge in [-0.1, -0.05) is 31.4 Å². The van der Waals surface area contributed by atoms with E-state index < -0.39 is 5.54 Å². The number of azo groups is 1. The van der Waals surface area contributed by atoms with Crippen molar-refractivity contribution in [2.24, 2.45) is 10.2 Å². The van der Waals surface area contributed by atoms with Crippen molar-refractivity contribution in [2.75, 3.05) is 0 Å². The van der Waals surface area contributed by atoms with E-state index in [0.717, 1.165) is 37.5 Å². The Balaban J connectivity index is 2.66. The summed E-state index contributed by atoms with van der Waals surface area (Å²) in [6, 6.07) is 0. The zero-order valence-corrected chi connectivity index (χ0v) is 9.34. The van der Waals surface area contributed by atoms with Crippen molar-refractivity contribution < 1.29 is 4.79 Å². The molecule has 1 heterocycles. The first-order valence-corrected chi connectivity index (χ1v) is 5.30. The molecule has 0 aromatic heterocycles. The van der Waals surface area contributed by atoms with Gasteiger partial charge in [0.25, 0.3) is 0 Å². The number of rotatable bonds is 5. The maximum absolute atomic E-state index is 10.9. The third kappa shape index (κ3) is 2.21. The highest BCUT2D eigenvalue weighted by Crippen LogP contribution is 2.35. The predicted octanol–water partition coefficient (Wildman–Crippen LogP) is 3.44. The minimum absolute atomic E-state index is 0.399. The van der Waals surface area contributed by atoms with Crippen LogP contribution in [-0.2, 0) is 4.79 Å². The Hall–Kier alpha value is -0.700. The van der Waals surface area contributed by atoms with Crippen LogP contribution in [-0.4, -0.2) is 11.8 Å². The van der Waals surface area contributed by atoms with Gasteiger partial charge < -0.3 is 4.79 Å². The predicted molar refractivity (Wildman–Crippen MR) is 56.3 cm³/mol. The highest BCUT2D eigenvalue weighted by Gasteiger charge is 2.34. The second-order valence-electron chi connectivity index (χ2n) is 3.69. The second kappa shape index (κ2) is 4.69. The maximum atomic E-state index is 10.9. The summed E-state index contributed by atoms with van der Waals surface area (Å²) < 4.78 is 0. The van der Waals surface area contributed by atoms with Gasteiger partial charge in [0.15, 0.2) is 17.0 Å². The van der Waals surface area contributed by atoms with Crippen LogP contribution in [0.15, 0.2) is 21.0 Å². The molecule has 1 aliphatic rings. The van der Waals surface area contributed by atoms with Gasteiger partial charge in [-0.15, -0.1) is 5.11 Å². The van der Waals surface area contributed by atoms with E-state index in [4.69, 9.17) is 11.6 Å². The molecule has 0 radical (unpaired) electrons. The summed E-state index contributed by atoms with van der Waals surface area (Å²) in [4.78, 5) is 10.9. The number of halogens is 1. The first-order chi connectivity index (χ1) is 6.64. The van der Waals surface area contributed by atoms with Crippen LogP contribution in [0.3, 0.4) is 0 Å². The average Bonchev–Trinajstić information content (AvgIpc) is 2.47. The zero-order chi connectivity index (χ0) is 10.6. The molecule has 0 aromatic carbocycles. The van der Waals surface area contributed by atoms with Gasteiger partial charge >= 0.3 is 0 Å². The lowest BCUT2D eigenvalue weighted by atomic mass is 9.91. The average molecular weight is 215 g/mol. The minimum Gasteiger partial charge on any atom is -0.300 e. The Kier molecular flexibility index (Phi) is 3.81. The Bertz CT molecular complexity index is 286. The molecule has 14 heavy (non-hydrogen) atoms. The SMILES string of the molecule is CCCCCC1=C(Cl)N=NC1(C)C=O. The van der Waals surface area contributed by atoms with Gasteiger partial charge in [-0.2, -0.15) is 5.11 Å². The fourth-order valence-electron chi connectivity index (χ4n) is 1.48. The number of hydrogen-bond donors (Lipinski definition) is 0. The first-order valence-electron chi connectivity index (χ1n) is 4.92. The summed E-state index contributed by atoms with van der Waals surface area (Å²) in [7, 11) is 0. The third-order valence-corrected chi connectivity index (χ3v) is 2.77. The molecule has 0 amide bonds. The minimum atomic E-state index is -0.801. The molecule has 4 heteroatoms. The molecule has 1 aliphatic heterocycles. The van der Waals surface area contributed by atoms with Crippen molar-refractivity contribution in [3.8, 4) is 0 Å². The maximum Gasteiger partial charge on any atom is 0.158 e. The van der Waals surface area contributed by atoms with E-state index in [1.54, 1.807) is 6.92 Å². The molecular formula is C10H15ClN2O. The largest absolute Gasteiger partial charge is 0.300 e. The van der Waals surface area contributed by atoms with Crippen molar-refractivity contribution in [1.29, 1.82) is 0 Å². The van der Waals surface area contributed by atoms with Gasteiger partial charge in [-0.3, -0.25) is 0 Å². The van der Waals surface area contributed by atoms with E-state index in [1.807, 2.05) is 0 Å². The summed E-state index contributed by atoms with van der Waals surface area (Å²) in [5.41, 5.74) is 0.0628. The van der Waals surface area contributed by atoms with Gasteiger partial charge in [0, 0.05) is 5.57 Å². The monoisotopic (exact) mass is 214 g/mol. The number of hydrogen-bond acceptors (Lipinski definition) is 3. The molecule has 0 spiro atoms. The van der Waals surface area contributed by atoms with Crippen LogP contribution < -0.4 is 0 Å². The van der Waals surface area contributed by atoms with E-state index in [9.17, 15) is 4.79 Å². The lowest BCUT2D eigenvalue weighted by Crippen LogP contribution is -2.24. The zero-order valence-electron chi connectivity index (χ0n) is 8.59. The van der Waals surface area contributed by atoms with Crippen LogP contribution in [0.1, 0.15) is 39.5 Å². The highest BCUT2D eigenvalue weighted by atomic mass is 35.5. The second-order valence-corrected chi connectivity index (χ2v) is 4.05. The van der Waals surface area contributed by atoms with E-state index in [-0.39, 0.29) is 0 Å². The van der Waals surface area contributed by atoms with Crippen LogP contribution in [0.25, 0.3) is 0 Å². The van der Waals surface area contributed by atoms with E-state index in [2.05, 4.69) is 17.2 Å². The molecule has 0 aromatic rings. The number of carbonyl (C=O) groups is 1. The fourth-order valence-corrected chi connectivity index (χ4v) is 1.80. The topological polar surface area (TPSA) is 41.8 Å². The Labute approximate surface area is 89.2 Å². The summed E-state index contributed by atoms with van der Waals surface area (Å²) in [6.07, 6.45) is 4.96. The van der Waals surface area contributed by atoms with Gasteiger partial charge in [-0.25, -0.2) is 0 Å². The molecule has 0 aliphatic carbocycles. The first kappa shape index (κ1) is 11.4. The van der Waals surface area contributed by atoms with Gasteiger partial charge in [-0.05, 0) is 19.8 Å². The van der Waals surface area contributed by atoms with Crippen molar-refractivity contribution in [3.63, 3.8) is 0 Å². The molecule has 1 unspecified atom stereocenters. The van der Waals surface area contributed by atoms with Crippen LogP contribution in [0.4, 0.5) is 0 Å². The van der Waals surface area contributed by atoms with Crippen LogP contribution in [0, 0.1) is 0 Å². The Morgan fingerprint density at radius 3 is 2.79 bits per heavy atom. The molecule has 0 saturated carbocycles. The lowest BCUT2D eigenvalue weighted by molar-refractivity contribution is -0.110. The quantitative estimate of drug-likeness (QED) is 0.393. The summed E-state index contributed by atoms with van der Waals surface area (Å²) in [5, 5.41) is 8.04. The van der Waals surface area contributed by atoms with E-state index in [1.165, 1.54) is 0 Å². The molecule has 3 nitrogen and oxygen atoms in total. The van der Waals surface area contributed by atoms with Crippen LogP contribution in [0.5, 0.6) is 0 Å². The number of aldehydes is 1. The van der Waals surface area contributed by atoms with E-state index >= 15 is 0 Å². The molecular weight excluding hydrogens is 200 g/mol. The molecule has 1 atom stereocenters. The molecule has 0 bridgehead atoms. The van der Waals surface area contributed by atoms with Gasteiger partial charge in [0.05, 0.1) is 0 Å². The molecule has 1 rings (SSSR count). The summed E-state index contributed by atoms with van der Waals surface area (Å²) in [6.45, 7) is 3.89. The molecule has 0 fully saturated rings. The molecule has 0 saturated heterocycles. The van der Waals surface area contributed by atoms with Crippen LogP contribution in [0.2, 0.25) is 0 Å². The summed E-state index contributed by atoms with van der Waals surface area (Å²) in [5.74, 6) is 0. The van der Waals surface area contributed by atoms with Crippen molar-refractivity contribution >= 4 is 17.9 Å². The van der Waals surface area contributed by atoms with Crippen molar-refractivity contribution in [1.82, 2.24) is 0 Å². The fraction of sp³-hybridized carbons (Fsp3) is 0.700. The normalized spacial score (nSPS) is 25.9. The smallest absolute Gasteiger partial charge is 0.158 e. The van der Waals surface area contributed by atoms with Crippen molar-refractivity contribution in [3.05, 3.63) is 10.7 Å². The van der Waals surface area contributed by atoms with Crippen molar-refractivity contribution in [2.45, 2.75) is 45.1 Å². The lowest BCUT2D eigenvalue weighted by Gasteiger charge is -2.15. The third-order valence-electron chi connectivity index (χ3n) is 2.47. The van der Waals surface area contributed by atoms with Gasteiger partial charge in [0.1, 0.15) is 0 Å². The Morgan fingerprint density at radius 1 is 1.50 bits per heavy atom. The molecule has 0 N–H and O–H groups in total. The van der Waals surface area contributed by atoms with E-state index in [0.29, 0.717) is 5.16 Å². The standard InChI is InChI=1S/C10H15ClN2O/c1-3-4-5-6-8-9(11)12-13-10(8,2)7-14/h7H,3-6H2,1-2H3. The number of carbonyl (C=O) groups excluding carboxylic acids is 1. The van der Waals surface area contributed by atoms with Crippen LogP contribution >= 0.6 is 11.6 Å². The Morgan fingerprint density at radius 2 is 2.21 bits per heavy atom.